The number of para-hydroxylation sites is 1. The van der Waals surface area contributed by atoms with Gasteiger partial charge in [0.1, 0.15) is 5.75 Å². The average molecular weight is 632 g/mol. The maximum absolute atomic E-state index is 14.1. The van der Waals surface area contributed by atoms with E-state index in [0.717, 1.165) is 43.0 Å². The van der Waals surface area contributed by atoms with Gasteiger partial charge in [0, 0.05) is 17.6 Å². The lowest BCUT2D eigenvalue weighted by molar-refractivity contribution is -0.139. The molecule has 212 valence electrons. The topological polar surface area (TPSA) is 125 Å². The van der Waals surface area contributed by atoms with Gasteiger partial charge < -0.3 is 29.9 Å². The summed E-state index contributed by atoms with van der Waals surface area (Å²) in [5.41, 5.74) is 1.44. The summed E-state index contributed by atoms with van der Waals surface area (Å²) in [5, 5.41) is 22.0. The van der Waals surface area contributed by atoms with Crippen LogP contribution >= 0.6 is 27.3 Å². The molecule has 0 bridgehead atoms. The number of ether oxygens (including phenoxy) is 2. The number of thiophene rings is 1. The Kier molecular flexibility index (Phi) is 9.83. The van der Waals surface area contributed by atoms with Gasteiger partial charge >= 0.3 is 11.9 Å². The van der Waals surface area contributed by atoms with Gasteiger partial charge in [0.25, 0.3) is 5.91 Å². The molecule has 1 aliphatic rings. The second kappa shape index (κ2) is 13.3. The van der Waals surface area contributed by atoms with E-state index in [1.165, 1.54) is 0 Å². The SMILES string of the molecule is CC(C)N(C(=O)C(Oc1cccc(-c2sc(C(=O)O)c(OCC(=O)O)c2Br)c1)C1CCNCC1)c1ccccc1. The first-order chi connectivity index (χ1) is 19.2. The quantitative estimate of drug-likeness (QED) is 0.253. The maximum Gasteiger partial charge on any atom is 0.349 e. The summed E-state index contributed by atoms with van der Waals surface area (Å²) in [5.74, 6) is -2.13. The molecule has 4 rings (SSSR count). The predicted molar refractivity (Wildman–Crippen MR) is 157 cm³/mol. The van der Waals surface area contributed by atoms with Crippen LogP contribution in [0.25, 0.3) is 10.4 Å². The molecule has 1 amide bonds. The molecule has 3 N–H and O–H groups in total. The van der Waals surface area contributed by atoms with E-state index in [2.05, 4.69) is 21.2 Å². The number of hydrogen-bond acceptors (Lipinski definition) is 7. The Hall–Kier alpha value is -3.41. The van der Waals surface area contributed by atoms with Crippen molar-refractivity contribution < 1.29 is 34.1 Å². The Balaban J connectivity index is 1.68. The largest absolute Gasteiger partial charge is 0.480 e. The van der Waals surface area contributed by atoms with Crippen LogP contribution in [0.1, 0.15) is 36.4 Å². The third-order valence-corrected chi connectivity index (χ3v) is 8.77. The number of hydrogen-bond donors (Lipinski definition) is 3. The summed E-state index contributed by atoms with van der Waals surface area (Å²) in [7, 11) is 0. The van der Waals surface area contributed by atoms with Gasteiger partial charge in [-0.05, 0) is 85.5 Å². The fraction of sp³-hybridized carbons (Fsp3) is 0.345. The number of piperidine rings is 1. The van der Waals surface area contributed by atoms with Crippen molar-refractivity contribution in [3.05, 3.63) is 63.9 Å². The van der Waals surface area contributed by atoms with E-state index in [1.807, 2.05) is 44.2 Å². The molecule has 0 aliphatic carbocycles. The van der Waals surface area contributed by atoms with E-state index in [4.69, 9.17) is 14.6 Å². The van der Waals surface area contributed by atoms with Crippen molar-refractivity contribution in [2.45, 2.75) is 38.8 Å². The summed E-state index contributed by atoms with van der Waals surface area (Å²) >= 11 is 4.36. The van der Waals surface area contributed by atoms with E-state index in [9.17, 15) is 19.5 Å². The van der Waals surface area contributed by atoms with Gasteiger partial charge in [0.05, 0.1) is 9.35 Å². The van der Waals surface area contributed by atoms with Crippen molar-refractivity contribution in [1.82, 2.24) is 5.32 Å². The van der Waals surface area contributed by atoms with Crippen molar-refractivity contribution in [3.63, 3.8) is 0 Å². The van der Waals surface area contributed by atoms with Gasteiger partial charge in [-0.3, -0.25) is 4.79 Å². The van der Waals surface area contributed by atoms with Crippen LogP contribution in [-0.2, 0) is 9.59 Å². The molecule has 2 heterocycles. The molecule has 40 heavy (non-hydrogen) atoms. The Bertz CT molecular complexity index is 1360. The third kappa shape index (κ3) is 6.83. The first kappa shape index (κ1) is 29.6. The van der Waals surface area contributed by atoms with Gasteiger partial charge in [-0.15, -0.1) is 11.3 Å². The minimum Gasteiger partial charge on any atom is -0.480 e. The Morgan fingerprint density at radius 3 is 2.40 bits per heavy atom. The van der Waals surface area contributed by atoms with Crippen molar-refractivity contribution >= 4 is 50.8 Å². The lowest BCUT2D eigenvalue weighted by Crippen LogP contribution is -2.50. The summed E-state index contributed by atoms with van der Waals surface area (Å²) in [4.78, 5) is 39.2. The Morgan fingerprint density at radius 1 is 1.07 bits per heavy atom. The molecule has 1 fully saturated rings. The first-order valence-electron chi connectivity index (χ1n) is 12.9. The number of aromatic carboxylic acids is 1. The molecule has 3 aromatic rings. The highest BCUT2D eigenvalue weighted by Gasteiger charge is 2.36. The Labute approximate surface area is 244 Å². The number of anilines is 1. The highest BCUT2D eigenvalue weighted by atomic mass is 79.9. The molecule has 11 heteroatoms. The highest BCUT2D eigenvalue weighted by molar-refractivity contribution is 9.10. The first-order valence-corrected chi connectivity index (χ1v) is 14.5. The van der Waals surface area contributed by atoms with Crippen LogP contribution < -0.4 is 19.7 Å². The average Bonchev–Trinajstić information content (AvgIpc) is 3.28. The predicted octanol–water partition coefficient (Wildman–Crippen LogP) is 5.53. The van der Waals surface area contributed by atoms with E-state index in [1.54, 1.807) is 29.2 Å². The van der Waals surface area contributed by atoms with Crippen LogP contribution in [0.5, 0.6) is 11.5 Å². The van der Waals surface area contributed by atoms with Crippen LogP contribution in [0.3, 0.4) is 0 Å². The van der Waals surface area contributed by atoms with E-state index >= 15 is 0 Å². The summed E-state index contributed by atoms with van der Waals surface area (Å²) in [6, 6.07) is 16.6. The van der Waals surface area contributed by atoms with Gasteiger partial charge in [-0.1, -0.05) is 30.3 Å². The summed E-state index contributed by atoms with van der Waals surface area (Å²) in [6.45, 7) is 4.87. The number of carboxylic acids is 2. The molecule has 1 aromatic heterocycles. The molecule has 0 radical (unpaired) electrons. The number of carbonyl (C=O) groups is 3. The zero-order valence-electron chi connectivity index (χ0n) is 22.1. The lowest BCUT2D eigenvalue weighted by atomic mass is 9.90. The molecule has 0 saturated carbocycles. The highest BCUT2D eigenvalue weighted by Crippen LogP contribution is 2.46. The van der Waals surface area contributed by atoms with Crippen LogP contribution in [0.15, 0.2) is 59.1 Å². The zero-order chi connectivity index (χ0) is 28.8. The fourth-order valence-corrected chi connectivity index (χ4v) is 6.63. The normalized spacial score (nSPS) is 14.5. The third-order valence-electron chi connectivity index (χ3n) is 6.55. The van der Waals surface area contributed by atoms with Crippen molar-refractivity contribution in [1.29, 1.82) is 0 Å². The smallest absolute Gasteiger partial charge is 0.349 e. The second-order valence-corrected chi connectivity index (χ2v) is 11.5. The van der Waals surface area contributed by atoms with Crippen molar-refractivity contribution in [2.24, 2.45) is 5.92 Å². The molecular weight excluding hydrogens is 600 g/mol. The number of aliphatic carboxylic acids is 1. The molecule has 9 nitrogen and oxygen atoms in total. The monoisotopic (exact) mass is 630 g/mol. The van der Waals surface area contributed by atoms with Gasteiger partial charge in [0.2, 0.25) is 0 Å². The minimum atomic E-state index is -1.23. The molecule has 1 saturated heterocycles. The van der Waals surface area contributed by atoms with Crippen molar-refractivity contribution in [3.8, 4) is 21.9 Å². The van der Waals surface area contributed by atoms with Crippen molar-refractivity contribution in [2.75, 3.05) is 24.6 Å². The van der Waals surface area contributed by atoms with Gasteiger partial charge in [-0.25, -0.2) is 9.59 Å². The van der Waals surface area contributed by atoms with Crippen LogP contribution in [0.4, 0.5) is 5.69 Å². The molecule has 1 aliphatic heterocycles. The number of nitrogens with one attached hydrogen (secondary N) is 1. The standard InChI is InChI=1S/C29H31BrN2O7S/c1-17(2)32(20-8-4-3-5-9-20)28(35)24(18-11-13-31-14-12-18)39-21-10-6-7-19(15-21)26-23(30)25(38-16-22(33)34)27(40-26)29(36)37/h3-10,15,17-18,24,31H,11-14,16H2,1-2H3,(H,33,34)(H,36,37). The number of nitrogens with zero attached hydrogens (tertiary/aromatic N) is 1. The number of benzene rings is 2. The van der Waals surface area contributed by atoms with E-state index in [-0.39, 0.29) is 28.5 Å². The molecule has 1 atom stereocenters. The number of amides is 1. The van der Waals surface area contributed by atoms with E-state index in [0.29, 0.717) is 20.7 Å². The number of carbonyl (C=O) groups excluding carboxylic acids is 1. The molecule has 0 spiro atoms. The molecular formula is C29H31BrN2O7S. The van der Waals surface area contributed by atoms with Crippen LogP contribution in [0.2, 0.25) is 0 Å². The Morgan fingerprint density at radius 2 is 1.77 bits per heavy atom. The van der Waals surface area contributed by atoms with E-state index < -0.39 is 24.6 Å². The second-order valence-electron chi connectivity index (χ2n) is 9.68. The summed E-state index contributed by atoms with van der Waals surface area (Å²) in [6.07, 6.45) is 0.856. The number of rotatable bonds is 11. The van der Waals surface area contributed by atoms with Crippen LogP contribution in [0, 0.1) is 5.92 Å². The van der Waals surface area contributed by atoms with Crippen LogP contribution in [-0.4, -0.2) is 59.9 Å². The lowest BCUT2D eigenvalue weighted by Gasteiger charge is -2.36. The van der Waals surface area contributed by atoms with Gasteiger partial charge in [-0.2, -0.15) is 0 Å². The fourth-order valence-electron chi connectivity index (χ4n) is 4.74. The molecule has 1 unspecified atom stereocenters. The zero-order valence-corrected chi connectivity index (χ0v) is 24.5. The maximum atomic E-state index is 14.1. The molecule has 2 aromatic carbocycles. The number of halogens is 1. The number of carboxylic acid groups (broad SMARTS) is 2. The van der Waals surface area contributed by atoms with Gasteiger partial charge in [0.15, 0.2) is 23.3 Å². The minimum absolute atomic E-state index is 0.00507. The summed E-state index contributed by atoms with van der Waals surface area (Å²) < 4.78 is 12.1.